The van der Waals surface area contributed by atoms with Crippen LogP contribution in [0.25, 0.3) is 0 Å². The monoisotopic (exact) mass is 206 g/mol. The standard InChI is InChI=1S/C8H14O6/c1-3-7(2,4-5(9)10)8(13,14)6(11)12/h13-14H,3-4H2,1-2H3,(H,9,10)(H,11,12). The van der Waals surface area contributed by atoms with Gasteiger partial charge in [-0.2, -0.15) is 0 Å². The number of carbonyl (C=O) groups is 2. The zero-order valence-corrected chi connectivity index (χ0v) is 8.02. The Morgan fingerprint density at radius 2 is 1.64 bits per heavy atom. The molecule has 4 N–H and O–H groups in total. The van der Waals surface area contributed by atoms with E-state index in [9.17, 15) is 19.8 Å². The van der Waals surface area contributed by atoms with Crippen molar-refractivity contribution >= 4 is 11.9 Å². The van der Waals surface area contributed by atoms with Gasteiger partial charge in [0, 0.05) is 5.41 Å². The Morgan fingerprint density at radius 1 is 1.21 bits per heavy atom. The highest BCUT2D eigenvalue weighted by molar-refractivity contribution is 5.78. The predicted molar refractivity (Wildman–Crippen MR) is 45.5 cm³/mol. The van der Waals surface area contributed by atoms with Gasteiger partial charge in [0.2, 0.25) is 0 Å². The minimum absolute atomic E-state index is 0.0264. The van der Waals surface area contributed by atoms with E-state index in [-0.39, 0.29) is 6.42 Å². The van der Waals surface area contributed by atoms with E-state index in [2.05, 4.69) is 0 Å². The average molecular weight is 206 g/mol. The first kappa shape index (κ1) is 12.9. The number of aliphatic carboxylic acids is 2. The third-order valence-corrected chi connectivity index (χ3v) is 2.46. The predicted octanol–water partition coefficient (Wildman–Crippen LogP) is -0.357. The molecule has 0 aliphatic rings. The van der Waals surface area contributed by atoms with Crippen LogP contribution in [-0.4, -0.2) is 38.2 Å². The summed E-state index contributed by atoms with van der Waals surface area (Å²) in [5, 5.41) is 35.5. The van der Waals surface area contributed by atoms with E-state index < -0.39 is 29.6 Å². The van der Waals surface area contributed by atoms with Crippen LogP contribution in [0.15, 0.2) is 0 Å². The highest BCUT2D eigenvalue weighted by Gasteiger charge is 2.52. The van der Waals surface area contributed by atoms with Crippen molar-refractivity contribution in [2.24, 2.45) is 5.41 Å². The highest BCUT2D eigenvalue weighted by atomic mass is 16.5. The molecule has 0 heterocycles. The molecule has 0 aliphatic heterocycles. The van der Waals surface area contributed by atoms with E-state index >= 15 is 0 Å². The fourth-order valence-corrected chi connectivity index (χ4v) is 1.09. The van der Waals surface area contributed by atoms with Crippen LogP contribution in [0.4, 0.5) is 0 Å². The van der Waals surface area contributed by atoms with Crippen molar-refractivity contribution in [3.8, 4) is 0 Å². The van der Waals surface area contributed by atoms with E-state index in [0.29, 0.717) is 0 Å². The van der Waals surface area contributed by atoms with Crippen molar-refractivity contribution in [1.29, 1.82) is 0 Å². The lowest BCUT2D eigenvalue weighted by Gasteiger charge is -2.35. The first-order valence-electron chi connectivity index (χ1n) is 4.07. The molecule has 0 saturated carbocycles. The fraction of sp³-hybridized carbons (Fsp3) is 0.750. The molecule has 0 amide bonds. The van der Waals surface area contributed by atoms with Crippen molar-refractivity contribution in [2.75, 3.05) is 0 Å². The van der Waals surface area contributed by atoms with E-state index in [1.807, 2.05) is 0 Å². The van der Waals surface area contributed by atoms with Crippen LogP contribution < -0.4 is 0 Å². The third kappa shape index (κ3) is 2.21. The summed E-state index contributed by atoms with van der Waals surface area (Å²) in [6.07, 6.45) is -0.596. The summed E-state index contributed by atoms with van der Waals surface area (Å²) in [7, 11) is 0. The molecule has 1 atom stereocenters. The number of hydrogen-bond acceptors (Lipinski definition) is 4. The molecule has 0 aliphatic carbocycles. The van der Waals surface area contributed by atoms with Gasteiger partial charge in [-0.15, -0.1) is 0 Å². The third-order valence-electron chi connectivity index (χ3n) is 2.46. The van der Waals surface area contributed by atoms with Gasteiger partial charge in [0.05, 0.1) is 6.42 Å². The number of hydrogen-bond donors (Lipinski definition) is 4. The molecule has 0 aromatic rings. The van der Waals surface area contributed by atoms with Crippen LogP contribution >= 0.6 is 0 Å². The molecule has 0 spiro atoms. The molecular weight excluding hydrogens is 192 g/mol. The Hall–Kier alpha value is -1.14. The lowest BCUT2D eigenvalue weighted by Crippen LogP contribution is -2.53. The van der Waals surface area contributed by atoms with Crippen LogP contribution in [0, 0.1) is 5.41 Å². The molecule has 0 radical (unpaired) electrons. The summed E-state index contributed by atoms with van der Waals surface area (Å²) < 4.78 is 0. The van der Waals surface area contributed by atoms with Gasteiger partial charge < -0.3 is 20.4 Å². The van der Waals surface area contributed by atoms with Gasteiger partial charge in [0.15, 0.2) is 0 Å². The summed E-state index contributed by atoms with van der Waals surface area (Å²) in [6, 6.07) is 0. The van der Waals surface area contributed by atoms with Crippen molar-refractivity contribution in [2.45, 2.75) is 32.5 Å². The van der Waals surface area contributed by atoms with Crippen molar-refractivity contribution < 1.29 is 30.0 Å². The number of aliphatic hydroxyl groups is 2. The molecular formula is C8H14O6. The van der Waals surface area contributed by atoms with Crippen molar-refractivity contribution in [3.05, 3.63) is 0 Å². The van der Waals surface area contributed by atoms with Crippen LogP contribution in [0.1, 0.15) is 26.7 Å². The van der Waals surface area contributed by atoms with E-state index in [0.717, 1.165) is 0 Å². The molecule has 0 bridgehead atoms. The van der Waals surface area contributed by atoms with E-state index in [1.54, 1.807) is 0 Å². The van der Waals surface area contributed by atoms with Crippen LogP contribution in [-0.2, 0) is 9.59 Å². The minimum Gasteiger partial charge on any atom is -0.481 e. The van der Waals surface area contributed by atoms with Gasteiger partial charge >= 0.3 is 11.9 Å². The van der Waals surface area contributed by atoms with Crippen LogP contribution in [0.2, 0.25) is 0 Å². The number of carboxylic acid groups (broad SMARTS) is 2. The first-order valence-corrected chi connectivity index (χ1v) is 4.07. The highest BCUT2D eigenvalue weighted by Crippen LogP contribution is 2.36. The van der Waals surface area contributed by atoms with Crippen LogP contribution in [0.5, 0.6) is 0 Å². The molecule has 0 fully saturated rings. The molecule has 14 heavy (non-hydrogen) atoms. The lowest BCUT2D eigenvalue weighted by molar-refractivity contribution is -0.248. The summed E-state index contributed by atoms with van der Waals surface area (Å²) in [6.45, 7) is 2.70. The Balaban J connectivity index is 5.02. The zero-order valence-electron chi connectivity index (χ0n) is 8.02. The van der Waals surface area contributed by atoms with Gasteiger partial charge in [0.1, 0.15) is 0 Å². The summed E-state index contributed by atoms with van der Waals surface area (Å²) in [5.74, 6) is -6.15. The van der Waals surface area contributed by atoms with Gasteiger partial charge in [-0.05, 0) is 6.42 Å². The van der Waals surface area contributed by atoms with Gasteiger partial charge in [-0.1, -0.05) is 13.8 Å². The van der Waals surface area contributed by atoms with Gasteiger partial charge in [-0.25, -0.2) is 4.79 Å². The molecule has 82 valence electrons. The maximum Gasteiger partial charge on any atom is 0.364 e. The number of carboxylic acids is 2. The molecule has 0 aromatic heterocycles. The maximum atomic E-state index is 10.5. The number of rotatable bonds is 5. The Kier molecular flexibility index (Phi) is 3.61. The lowest BCUT2D eigenvalue weighted by atomic mass is 9.76. The fourth-order valence-electron chi connectivity index (χ4n) is 1.09. The quantitative estimate of drug-likeness (QED) is 0.457. The average Bonchev–Trinajstić information content (AvgIpc) is 2.02. The summed E-state index contributed by atoms with van der Waals surface area (Å²) >= 11 is 0. The Bertz CT molecular complexity index is 246. The zero-order chi connectivity index (χ0) is 11.6. The second-order valence-electron chi connectivity index (χ2n) is 3.46. The van der Waals surface area contributed by atoms with Gasteiger partial charge in [0.25, 0.3) is 5.79 Å². The van der Waals surface area contributed by atoms with Crippen molar-refractivity contribution in [1.82, 2.24) is 0 Å². The minimum atomic E-state index is -3.03. The Morgan fingerprint density at radius 3 is 1.86 bits per heavy atom. The summed E-state index contributed by atoms with van der Waals surface area (Å²) in [5.41, 5.74) is -1.61. The maximum absolute atomic E-state index is 10.5. The normalized spacial score (nSPS) is 16.0. The SMILES string of the molecule is CCC(C)(CC(=O)O)C(O)(O)C(=O)O. The topological polar surface area (TPSA) is 115 Å². The second kappa shape index (κ2) is 3.93. The largest absolute Gasteiger partial charge is 0.481 e. The second-order valence-corrected chi connectivity index (χ2v) is 3.46. The molecule has 0 aromatic carbocycles. The molecule has 6 nitrogen and oxygen atoms in total. The Labute approximate surface area is 80.8 Å². The molecule has 0 saturated heterocycles. The smallest absolute Gasteiger partial charge is 0.364 e. The molecule has 0 rings (SSSR count). The first-order chi connectivity index (χ1) is 6.17. The van der Waals surface area contributed by atoms with E-state index in [4.69, 9.17) is 10.2 Å². The molecule has 1 unspecified atom stereocenters. The molecule has 6 heteroatoms. The van der Waals surface area contributed by atoms with Crippen molar-refractivity contribution in [3.63, 3.8) is 0 Å². The summed E-state index contributed by atoms with van der Waals surface area (Å²) in [4.78, 5) is 20.9. The van der Waals surface area contributed by atoms with Gasteiger partial charge in [-0.3, -0.25) is 4.79 Å². The van der Waals surface area contributed by atoms with Crippen LogP contribution in [0.3, 0.4) is 0 Å². The van der Waals surface area contributed by atoms with E-state index in [1.165, 1.54) is 13.8 Å².